The number of barbiturate groups is 1. The van der Waals surface area contributed by atoms with E-state index in [0.29, 0.717) is 0 Å². The SMILES string of the molecule is COc1c(/C=C/C=C/C=C2C(=O)N(C)C(=O)N(C)C2=O)c(=O)n(C)c(=O)n1C. The molecule has 1 aromatic rings. The highest BCUT2D eigenvalue weighted by molar-refractivity contribution is 6.28. The Morgan fingerprint density at radius 1 is 0.786 bits per heavy atom. The molecule has 0 bridgehead atoms. The Morgan fingerprint density at radius 3 is 1.89 bits per heavy atom. The summed E-state index contributed by atoms with van der Waals surface area (Å²) in [6.45, 7) is 0. The molecule has 0 atom stereocenters. The van der Waals surface area contributed by atoms with Gasteiger partial charge in [0.25, 0.3) is 17.4 Å². The van der Waals surface area contributed by atoms with Crippen LogP contribution in [0.2, 0.25) is 0 Å². The van der Waals surface area contributed by atoms with Gasteiger partial charge in [0.15, 0.2) is 0 Å². The highest BCUT2D eigenvalue weighted by Gasteiger charge is 2.37. The number of carbonyl (C=O) groups is 3. The Balaban J connectivity index is 2.32. The summed E-state index contributed by atoms with van der Waals surface area (Å²) in [5.74, 6) is -1.29. The molecule has 1 aliphatic rings. The van der Waals surface area contributed by atoms with Gasteiger partial charge in [-0.2, -0.15) is 0 Å². The van der Waals surface area contributed by atoms with E-state index in [2.05, 4.69) is 0 Å². The van der Waals surface area contributed by atoms with Crippen LogP contribution in [0, 0.1) is 0 Å². The lowest BCUT2D eigenvalue weighted by Crippen LogP contribution is -2.52. The number of urea groups is 1. The first kappa shape index (κ1) is 20.6. The standard InChI is InChI=1S/C18H20N4O6/c1-19-13(23)11(14(24)20(2)17(19)26)9-7-6-8-10-12-15(25)21(3)18(27)22(4)16(12)28-5/h6-10H,1-5H3/b7-6+,10-8+. The Hall–Kier alpha value is -3.69. The zero-order valence-corrected chi connectivity index (χ0v) is 16.1. The fourth-order valence-electron chi connectivity index (χ4n) is 2.60. The predicted octanol–water partition coefficient (Wildman–Crippen LogP) is -0.361. The van der Waals surface area contributed by atoms with Crippen molar-refractivity contribution in [2.45, 2.75) is 0 Å². The summed E-state index contributed by atoms with van der Waals surface area (Å²) in [5, 5.41) is 0. The normalized spacial score (nSPS) is 15.3. The van der Waals surface area contributed by atoms with Crippen molar-refractivity contribution in [2.24, 2.45) is 14.1 Å². The van der Waals surface area contributed by atoms with Crippen molar-refractivity contribution in [1.82, 2.24) is 18.9 Å². The number of nitrogens with zero attached hydrogens (tertiary/aromatic N) is 4. The smallest absolute Gasteiger partial charge is 0.333 e. The number of likely N-dealkylation sites (N-methyl/N-ethyl adjacent to an activating group) is 2. The third-order valence-corrected chi connectivity index (χ3v) is 4.23. The number of methoxy groups -OCH3 is 1. The van der Waals surface area contributed by atoms with Crippen molar-refractivity contribution in [3.63, 3.8) is 0 Å². The highest BCUT2D eigenvalue weighted by atomic mass is 16.5. The Labute approximate surface area is 160 Å². The van der Waals surface area contributed by atoms with E-state index in [0.717, 1.165) is 14.4 Å². The maximum atomic E-state index is 12.3. The van der Waals surface area contributed by atoms with Crippen LogP contribution >= 0.6 is 0 Å². The molecule has 0 radical (unpaired) electrons. The van der Waals surface area contributed by atoms with Gasteiger partial charge in [-0.25, -0.2) is 9.59 Å². The van der Waals surface area contributed by atoms with Crippen molar-refractivity contribution in [1.29, 1.82) is 0 Å². The van der Waals surface area contributed by atoms with Crippen LogP contribution in [-0.4, -0.2) is 58.0 Å². The number of rotatable bonds is 4. The molecule has 4 amide bonds. The number of aromatic nitrogens is 2. The second-order valence-electron chi connectivity index (χ2n) is 5.96. The van der Waals surface area contributed by atoms with E-state index in [9.17, 15) is 24.0 Å². The van der Waals surface area contributed by atoms with E-state index >= 15 is 0 Å². The zero-order valence-electron chi connectivity index (χ0n) is 16.1. The lowest BCUT2D eigenvalue weighted by atomic mass is 10.1. The van der Waals surface area contributed by atoms with Gasteiger partial charge in [0.2, 0.25) is 5.88 Å². The third-order valence-electron chi connectivity index (χ3n) is 4.23. The van der Waals surface area contributed by atoms with Crippen molar-refractivity contribution < 1.29 is 19.1 Å². The fourth-order valence-corrected chi connectivity index (χ4v) is 2.60. The molecule has 1 aliphatic heterocycles. The van der Waals surface area contributed by atoms with Crippen LogP contribution in [-0.2, 0) is 23.7 Å². The Morgan fingerprint density at radius 2 is 1.36 bits per heavy atom. The van der Waals surface area contributed by atoms with Crippen molar-refractivity contribution >= 4 is 23.9 Å². The van der Waals surface area contributed by atoms with Crippen LogP contribution < -0.4 is 16.0 Å². The molecule has 2 rings (SSSR count). The van der Waals surface area contributed by atoms with Gasteiger partial charge >= 0.3 is 11.7 Å². The molecule has 10 heteroatoms. The molecule has 10 nitrogen and oxygen atoms in total. The number of hydrogen-bond donors (Lipinski definition) is 0. The summed E-state index contributed by atoms with van der Waals surface area (Å²) in [6.07, 6.45) is 7.15. The van der Waals surface area contributed by atoms with Gasteiger partial charge < -0.3 is 4.74 Å². The van der Waals surface area contributed by atoms with Crippen LogP contribution in [0.4, 0.5) is 4.79 Å². The van der Waals surface area contributed by atoms with E-state index < -0.39 is 29.1 Å². The molecule has 0 aliphatic carbocycles. The molecule has 0 aromatic carbocycles. The molecule has 0 spiro atoms. The van der Waals surface area contributed by atoms with Crippen LogP contribution in [0.1, 0.15) is 5.56 Å². The van der Waals surface area contributed by atoms with Gasteiger partial charge in [0, 0.05) is 28.2 Å². The first-order valence-corrected chi connectivity index (χ1v) is 8.12. The van der Waals surface area contributed by atoms with Crippen LogP contribution in [0.25, 0.3) is 6.08 Å². The van der Waals surface area contributed by atoms with Crippen molar-refractivity contribution in [3.05, 3.63) is 56.3 Å². The predicted molar refractivity (Wildman–Crippen MR) is 101 cm³/mol. The van der Waals surface area contributed by atoms with Gasteiger partial charge in [0.1, 0.15) is 11.1 Å². The average Bonchev–Trinajstić information content (AvgIpc) is 2.69. The first-order valence-electron chi connectivity index (χ1n) is 8.12. The average molecular weight is 388 g/mol. The quantitative estimate of drug-likeness (QED) is 0.396. The molecule has 0 N–H and O–H groups in total. The first-order chi connectivity index (χ1) is 13.1. The monoisotopic (exact) mass is 388 g/mol. The van der Waals surface area contributed by atoms with E-state index in [1.807, 2.05) is 0 Å². The molecule has 28 heavy (non-hydrogen) atoms. The topological polar surface area (TPSA) is 111 Å². The van der Waals surface area contributed by atoms with Crippen LogP contribution in [0.3, 0.4) is 0 Å². The van der Waals surface area contributed by atoms with E-state index in [1.165, 1.54) is 70.2 Å². The lowest BCUT2D eigenvalue weighted by molar-refractivity contribution is -0.134. The minimum absolute atomic E-state index is 0.107. The summed E-state index contributed by atoms with van der Waals surface area (Å²) in [5.41, 5.74) is -1.04. The largest absolute Gasteiger partial charge is 0.481 e. The van der Waals surface area contributed by atoms with Gasteiger partial charge in [-0.3, -0.25) is 33.3 Å². The molecular weight excluding hydrogens is 368 g/mol. The number of carbonyl (C=O) groups excluding carboxylic acids is 3. The Kier molecular flexibility index (Phi) is 5.82. The number of hydrogen-bond acceptors (Lipinski definition) is 6. The second kappa shape index (κ2) is 7.91. The molecule has 1 saturated heterocycles. The van der Waals surface area contributed by atoms with Crippen molar-refractivity contribution in [3.8, 4) is 5.88 Å². The van der Waals surface area contributed by atoms with Gasteiger partial charge in [0.05, 0.1) is 7.11 Å². The number of amides is 4. The minimum Gasteiger partial charge on any atom is -0.481 e. The fraction of sp³-hybridized carbons (Fsp3) is 0.278. The molecule has 1 fully saturated rings. The summed E-state index contributed by atoms with van der Waals surface area (Å²) in [6, 6.07) is -0.700. The Bertz CT molecular complexity index is 1030. The van der Waals surface area contributed by atoms with Gasteiger partial charge in [-0.05, 0) is 12.2 Å². The third kappa shape index (κ3) is 3.43. The molecular formula is C18H20N4O6. The summed E-state index contributed by atoms with van der Waals surface area (Å²) in [4.78, 5) is 61.7. The van der Waals surface area contributed by atoms with E-state index in [1.54, 1.807) is 0 Å². The highest BCUT2D eigenvalue weighted by Crippen LogP contribution is 2.15. The molecule has 1 aromatic heterocycles. The van der Waals surface area contributed by atoms with Crippen LogP contribution in [0.5, 0.6) is 5.88 Å². The number of ether oxygens (including phenoxy) is 1. The molecule has 148 valence electrons. The minimum atomic E-state index is -0.700. The number of imide groups is 2. The van der Waals surface area contributed by atoms with Crippen LogP contribution in [0.15, 0.2) is 39.5 Å². The van der Waals surface area contributed by atoms with Gasteiger partial charge in [-0.15, -0.1) is 0 Å². The maximum Gasteiger partial charge on any atom is 0.333 e. The number of allylic oxidation sites excluding steroid dienone is 4. The van der Waals surface area contributed by atoms with E-state index in [4.69, 9.17) is 4.74 Å². The summed E-state index contributed by atoms with van der Waals surface area (Å²) >= 11 is 0. The molecule has 0 saturated carbocycles. The van der Waals surface area contributed by atoms with E-state index in [-0.39, 0.29) is 17.0 Å². The summed E-state index contributed by atoms with van der Waals surface area (Å²) < 4.78 is 7.29. The molecule has 2 heterocycles. The van der Waals surface area contributed by atoms with Gasteiger partial charge in [-0.1, -0.05) is 18.2 Å². The second-order valence-corrected chi connectivity index (χ2v) is 5.96. The lowest BCUT2D eigenvalue weighted by Gasteiger charge is -2.28. The summed E-state index contributed by atoms with van der Waals surface area (Å²) in [7, 11) is 6.75. The van der Waals surface area contributed by atoms with Crippen molar-refractivity contribution in [2.75, 3.05) is 21.2 Å². The molecule has 0 unspecified atom stereocenters. The zero-order chi connectivity index (χ0) is 21.2. The maximum absolute atomic E-state index is 12.3.